The number of piperidine rings is 1. The Kier molecular flexibility index (Phi) is 7.57. The van der Waals surface area contributed by atoms with E-state index in [-0.39, 0.29) is 30.2 Å². The first-order valence-corrected chi connectivity index (χ1v) is 11.7. The molecule has 2 heterocycles. The molecule has 0 saturated carbocycles. The number of methoxy groups -OCH3 is 1. The van der Waals surface area contributed by atoms with Crippen LogP contribution >= 0.6 is 0 Å². The molecule has 180 valence electrons. The number of ether oxygens (including phenoxy) is 2. The van der Waals surface area contributed by atoms with E-state index in [9.17, 15) is 14.0 Å². The van der Waals surface area contributed by atoms with E-state index in [1.165, 1.54) is 11.1 Å². The maximum Gasteiger partial charge on any atom is 0.310 e. The highest BCUT2D eigenvalue weighted by atomic mass is 19.1. The Balaban J connectivity index is 1.55. The molecule has 8 heteroatoms. The minimum atomic E-state index is -0.531. The van der Waals surface area contributed by atoms with Crippen molar-refractivity contribution < 1.29 is 23.5 Å². The highest BCUT2D eigenvalue weighted by Crippen LogP contribution is 2.34. The minimum absolute atomic E-state index is 0.111. The minimum Gasteiger partial charge on any atom is -0.497 e. The lowest BCUT2D eigenvalue weighted by atomic mass is 9.97. The summed E-state index contributed by atoms with van der Waals surface area (Å²) < 4.78 is 25.1. The Bertz CT molecular complexity index is 1060. The van der Waals surface area contributed by atoms with E-state index in [4.69, 9.17) is 9.47 Å². The van der Waals surface area contributed by atoms with Crippen LogP contribution in [0.1, 0.15) is 43.4 Å². The number of amides is 1. The number of halogens is 1. The van der Waals surface area contributed by atoms with Gasteiger partial charge in [-0.05, 0) is 62.2 Å². The van der Waals surface area contributed by atoms with Crippen LogP contribution in [-0.4, -0.2) is 60.8 Å². The smallest absolute Gasteiger partial charge is 0.310 e. The third-order valence-electron chi connectivity index (χ3n) is 6.34. The van der Waals surface area contributed by atoms with E-state index < -0.39 is 6.04 Å². The summed E-state index contributed by atoms with van der Waals surface area (Å²) in [6.07, 6.45) is 1.98. The molecule has 4 rings (SSSR count). The van der Waals surface area contributed by atoms with Gasteiger partial charge in [0.25, 0.3) is 5.91 Å². The summed E-state index contributed by atoms with van der Waals surface area (Å²) in [5.41, 5.74) is 2.01. The van der Waals surface area contributed by atoms with Gasteiger partial charge in [0.15, 0.2) is 0 Å². The topological polar surface area (TPSA) is 71.4 Å². The van der Waals surface area contributed by atoms with Crippen LogP contribution in [-0.2, 0) is 14.3 Å². The van der Waals surface area contributed by atoms with E-state index >= 15 is 0 Å². The molecule has 0 radical (unpaired) electrons. The number of hydrogen-bond donors (Lipinski definition) is 0. The molecule has 0 aromatic heterocycles. The number of hydrazone groups is 1. The van der Waals surface area contributed by atoms with Crippen LogP contribution in [0.25, 0.3) is 0 Å². The molecule has 2 aliphatic heterocycles. The van der Waals surface area contributed by atoms with Crippen molar-refractivity contribution in [1.82, 2.24) is 9.91 Å². The number of carbonyl (C=O) groups excluding carboxylic acids is 2. The molecule has 0 aliphatic carbocycles. The lowest BCUT2D eigenvalue weighted by Crippen LogP contribution is -2.45. The maximum absolute atomic E-state index is 14.7. The number of hydrogen-bond acceptors (Lipinski definition) is 6. The molecule has 0 spiro atoms. The molecule has 34 heavy (non-hydrogen) atoms. The second-order valence-corrected chi connectivity index (χ2v) is 8.58. The van der Waals surface area contributed by atoms with Crippen LogP contribution in [0.15, 0.2) is 53.6 Å². The van der Waals surface area contributed by atoms with Gasteiger partial charge in [0, 0.05) is 18.5 Å². The number of carbonyl (C=O) groups is 2. The second kappa shape index (κ2) is 10.8. The zero-order valence-corrected chi connectivity index (χ0v) is 19.6. The summed E-state index contributed by atoms with van der Waals surface area (Å²) in [5.74, 6) is -0.314. The number of benzene rings is 2. The Hall–Kier alpha value is -3.26. The summed E-state index contributed by atoms with van der Waals surface area (Å²) in [5, 5.41) is 6.05. The van der Waals surface area contributed by atoms with E-state index in [1.54, 1.807) is 32.2 Å². The molecule has 2 aliphatic rings. The van der Waals surface area contributed by atoms with Crippen molar-refractivity contribution in [3.05, 3.63) is 65.5 Å². The summed E-state index contributed by atoms with van der Waals surface area (Å²) in [4.78, 5) is 27.6. The first-order valence-electron chi connectivity index (χ1n) is 11.7. The fraction of sp³-hybridized carbons (Fsp3) is 0.423. The van der Waals surface area contributed by atoms with E-state index in [2.05, 4.69) is 5.10 Å². The molecule has 0 N–H and O–H groups in total. The maximum atomic E-state index is 14.7. The fourth-order valence-corrected chi connectivity index (χ4v) is 4.60. The molecule has 2 aromatic rings. The van der Waals surface area contributed by atoms with Gasteiger partial charge in [0.05, 0.1) is 37.9 Å². The summed E-state index contributed by atoms with van der Waals surface area (Å²) in [6, 6.07) is 13.4. The van der Waals surface area contributed by atoms with Crippen molar-refractivity contribution in [2.75, 3.05) is 33.4 Å². The molecular weight excluding hydrogens is 437 g/mol. The number of rotatable bonds is 7. The van der Waals surface area contributed by atoms with Gasteiger partial charge in [-0.2, -0.15) is 5.10 Å². The van der Waals surface area contributed by atoms with Crippen molar-refractivity contribution in [2.45, 2.75) is 32.2 Å². The Labute approximate surface area is 199 Å². The zero-order valence-electron chi connectivity index (χ0n) is 19.6. The lowest BCUT2D eigenvalue weighted by Gasteiger charge is -2.32. The number of esters is 1. The van der Waals surface area contributed by atoms with Gasteiger partial charge < -0.3 is 9.47 Å². The Morgan fingerprint density at radius 1 is 1.15 bits per heavy atom. The molecule has 2 atom stereocenters. The number of likely N-dealkylation sites (tertiary alicyclic amines) is 1. The van der Waals surface area contributed by atoms with Gasteiger partial charge >= 0.3 is 5.97 Å². The quantitative estimate of drug-likeness (QED) is 0.580. The second-order valence-electron chi connectivity index (χ2n) is 8.58. The monoisotopic (exact) mass is 467 g/mol. The van der Waals surface area contributed by atoms with Gasteiger partial charge in [-0.1, -0.05) is 18.2 Å². The van der Waals surface area contributed by atoms with Gasteiger partial charge in [0.1, 0.15) is 11.6 Å². The average Bonchev–Trinajstić information content (AvgIpc) is 3.30. The SMILES string of the molecule is CCOC(=O)[C@H]1CCCN(CC(=O)N2N=C(c3ccc(OC)cc3)C[C@@H]2c2ccccc2F)C1. The molecular formula is C26H30FN3O4. The van der Waals surface area contributed by atoms with Crippen LogP contribution in [0.4, 0.5) is 4.39 Å². The summed E-state index contributed by atoms with van der Waals surface area (Å²) in [7, 11) is 1.60. The molecule has 0 bridgehead atoms. The lowest BCUT2D eigenvalue weighted by molar-refractivity contribution is -0.150. The van der Waals surface area contributed by atoms with Crippen LogP contribution in [0.2, 0.25) is 0 Å². The molecule has 1 fully saturated rings. The largest absolute Gasteiger partial charge is 0.497 e. The molecule has 1 saturated heterocycles. The highest BCUT2D eigenvalue weighted by Gasteiger charge is 2.36. The van der Waals surface area contributed by atoms with Crippen LogP contribution in [0, 0.1) is 11.7 Å². The van der Waals surface area contributed by atoms with Crippen molar-refractivity contribution in [3.8, 4) is 5.75 Å². The molecule has 1 amide bonds. The van der Waals surface area contributed by atoms with Crippen LogP contribution < -0.4 is 4.74 Å². The normalized spacial score (nSPS) is 20.7. The van der Waals surface area contributed by atoms with Crippen molar-refractivity contribution >= 4 is 17.6 Å². The molecule has 2 aromatic carbocycles. The first-order chi connectivity index (χ1) is 16.5. The first kappa shape index (κ1) is 23.9. The van der Waals surface area contributed by atoms with Crippen molar-refractivity contribution in [2.24, 2.45) is 11.0 Å². The van der Waals surface area contributed by atoms with Crippen LogP contribution in [0.3, 0.4) is 0 Å². The zero-order chi connectivity index (χ0) is 24.1. The van der Waals surface area contributed by atoms with Crippen molar-refractivity contribution in [3.63, 3.8) is 0 Å². The van der Waals surface area contributed by atoms with Crippen molar-refractivity contribution in [1.29, 1.82) is 0 Å². The Morgan fingerprint density at radius 2 is 1.91 bits per heavy atom. The summed E-state index contributed by atoms with van der Waals surface area (Å²) in [6.45, 7) is 3.43. The standard InChI is InChI=1S/C26H30FN3O4/c1-3-34-26(32)19-7-6-14-29(16-19)17-25(31)30-24(21-8-4-5-9-22(21)27)15-23(28-30)18-10-12-20(33-2)13-11-18/h4-5,8-13,19,24H,3,6-7,14-17H2,1-2H3/t19-,24+/m0/s1. The van der Waals surface area contributed by atoms with Gasteiger partial charge in [0.2, 0.25) is 0 Å². The summed E-state index contributed by atoms with van der Waals surface area (Å²) >= 11 is 0. The molecule has 0 unspecified atom stereocenters. The predicted octanol–water partition coefficient (Wildman–Crippen LogP) is 3.79. The third-order valence-corrected chi connectivity index (χ3v) is 6.34. The molecule has 7 nitrogen and oxygen atoms in total. The fourth-order valence-electron chi connectivity index (χ4n) is 4.60. The van der Waals surface area contributed by atoms with Gasteiger partial charge in [-0.3, -0.25) is 14.5 Å². The van der Waals surface area contributed by atoms with Gasteiger partial charge in [-0.15, -0.1) is 0 Å². The van der Waals surface area contributed by atoms with E-state index in [0.29, 0.717) is 30.8 Å². The third kappa shape index (κ3) is 5.28. The van der Waals surface area contributed by atoms with E-state index in [1.807, 2.05) is 29.2 Å². The highest BCUT2D eigenvalue weighted by molar-refractivity contribution is 6.03. The van der Waals surface area contributed by atoms with Gasteiger partial charge in [-0.25, -0.2) is 9.40 Å². The predicted molar refractivity (Wildman–Crippen MR) is 126 cm³/mol. The Morgan fingerprint density at radius 3 is 2.62 bits per heavy atom. The average molecular weight is 468 g/mol. The van der Waals surface area contributed by atoms with Crippen LogP contribution in [0.5, 0.6) is 5.75 Å². The van der Waals surface area contributed by atoms with E-state index in [0.717, 1.165) is 30.7 Å². The number of nitrogens with zero attached hydrogens (tertiary/aromatic N) is 3.